The van der Waals surface area contributed by atoms with Crippen LogP contribution in [0.5, 0.6) is 0 Å². The summed E-state index contributed by atoms with van der Waals surface area (Å²) in [6.07, 6.45) is 1.67. The molecule has 1 unspecified atom stereocenters. The summed E-state index contributed by atoms with van der Waals surface area (Å²) in [5.41, 5.74) is 7.87. The Bertz CT molecular complexity index is 1010. The fourth-order valence-corrected chi connectivity index (χ4v) is 4.46. The number of nitrogens with one attached hydrogen (secondary N) is 1. The maximum absolute atomic E-state index is 14.2. The molecule has 28 heavy (non-hydrogen) atoms. The van der Waals surface area contributed by atoms with E-state index in [1.807, 2.05) is 18.2 Å². The molecule has 0 saturated heterocycles. The third-order valence-electron chi connectivity index (χ3n) is 5.29. The van der Waals surface area contributed by atoms with Gasteiger partial charge in [-0.05, 0) is 53.6 Å². The predicted molar refractivity (Wildman–Crippen MR) is 107 cm³/mol. The number of halogens is 2. The van der Waals surface area contributed by atoms with Crippen LogP contribution in [0.1, 0.15) is 41.8 Å². The number of ether oxygens (including phenoxy) is 1. The van der Waals surface area contributed by atoms with Gasteiger partial charge in [-0.2, -0.15) is 0 Å². The largest absolute Gasteiger partial charge is 0.462 e. The lowest BCUT2D eigenvalue weighted by atomic mass is 9.65. The average Bonchev–Trinajstić information content (AvgIpc) is 2.98. The zero-order chi connectivity index (χ0) is 20.1. The van der Waals surface area contributed by atoms with Crippen LogP contribution in [-0.4, -0.2) is 18.5 Å². The maximum atomic E-state index is 14.2. The highest BCUT2D eigenvalue weighted by Crippen LogP contribution is 2.49. The number of anilines is 1. The monoisotopic (exact) mass is 401 g/mol. The molecule has 0 bridgehead atoms. The van der Waals surface area contributed by atoms with Crippen molar-refractivity contribution in [3.05, 3.63) is 63.9 Å². The van der Waals surface area contributed by atoms with Gasteiger partial charge in [-0.1, -0.05) is 37.6 Å². The highest BCUT2D eigenvalue weighted by atomic mass is 35.5. The van der Waals surface area contributed by atoms with Crippen molar-refractivity contribution in [3.8, 4) is 0 Å². The quantitative estimate of drug-likeness (QED) is 0.790. The summed E-state index contributed by atoms with van der Waals surface area (Å²) in [6.45, 7) is 4.76. The first-order valence-corrected chi connectivity index (χ1v) is 9.44. The number of hydrogen-bond acceptors (Lipinski definition) is 4. The average molecular weight is 402 g/mol. The van der Waals surface area contributed by atoms with Gasteiger partial charge in [-0.3, -0.25) is 4.79 Å². The van der Waals surface area contributed by atoms with E-state index in [4.69, 9.17) is 22.1 Å². The Balaban J connectivity index is 1.70. The molecule has 0 radical (unpaired) electrons. The van der Waals surface area contributed by atoms with Crippen LogP contribution in [0.4, 0.5) is 10.1 Å². The molecule has 0 aromatic heterocycles. The van der Waals surface area contributed by atoms with Crippen LogP contribution in [0.15, 0.2) is 41.4 Å². The molecule has 1 aliphatic carbocycles. The van der Waals surface area contributed by atoms with E-state index < -0.39 is 17.3 Å². The zero-order valence-electron chi connectivity index (χ0n) is 15.7. The molecule has 2 aromatic rings. The summed E-state index contributed by atoms with van der Waals surface area (Å²) in [7, 11) is 0. The number of nitrogens with zero attached hydrogens (tertiary/aromatic N) is 1. The molecule has 146 valence electrons. The van der Waals surface area contributed by atoms with Crippen molar-refractivity contribution < 1.29 is 13.9 Å². The maximum Gasteiger partial charge on any atom is 0.283 e. The Morgan fingerprint density at radius 3 is 2.82 bits per heavy atom. The molecule has 0 saturated carbocycles. The normalized spacial score (nSPS) is 22.4. The molecule has 1 atom stereocenters. The number of amidine groups is 1. The Labute approximate surface area is 167 Å². The summed E-state index contributed by atoms with van der Waals surface area (Å²) in [5.74, 6) is -1.30. The Hall–Kier alpha value is -2.60. The molecule has 5 nitrogen and oxygen atoms in total. The van der Waals surface area contributed by atoms with E-state index in [9.17, 15) is 9.18 Å². The van der Waals surface area contributed by atoms with E-state index in [1.165, 1.54) is 18.2 Å². The van der Waals surface area contributed by atoms with Crippen LogP contribution >= 0.6 is 11.6 Å². The number of nitrogens with two attached hydrogens (primary N) is 1. The van der Waals surface area contributed by atoms with Crippen molar-refractivity contribution in [2.75, 3.05) is 11.9 Å². The topological polar surface area (TPSA) is 76.7 Å². The molecule has 1 amide bonds. The van der Waals surface area contributed by atoms with Gasteiger partial charge in [0.15, 0.2) is 5.82 Å². The third-order valence-corrected chi connectivity index (χ3v) is 5.58. The molecule has 2 aromatic carbocycles. The SMILES string of the molecule is CC1(C)Cc2ccc(NC(=O)c3cccc(Cl)c3F)cc2C2(COC(N)=N2)C1. The summed E-state index contributed by atoms with van der Waals surface area (Å²) < 4.78 is 19.6. The zero-order valence-corrected chi connectivity index (χ0v) is 16.4. The van der Waals surface area contributed by atoms with Gasteiger partial charge in [0.2, 0.25) is 0 Å². The molecule has 1 aliphatic heterocycles. The summed E-state index contributed by atoms with van der Waals surface area (Å²) >= 11 is 5.78. The first-order valence-electron chi connectivity index (χ1n) is 9.06. The number of rotatable bonds is 2. The number of benzene rings is 2. The molecule has 0 fully saturated rings. The van der Waals surface area contributed by atoms with E-state index in [0.29, 0.717) is 12.3 Å². The predicted octanol–water partition coefficient (Wildman–Crippen LogP) is 4.24. The van der Waals surface area contributed by atoms with Gasteiger partial charge >= 0.3 is 0 Å². The summed E-state index contributed by atoms with van der Waals surface area (Å²) in [4.78, 5) is 17.1. The fraction of sp³-hybridized carbons (Fsp3) is 0.333. The highest BCUT2D eigenvalue weighted by molar-refractivity contribution is 6.31. The smallest absolute Gasteiger partial charge is 0.283 e. The third kappa shape index (κ3) is 3.22. The van der Waals surface area contributed by atoms with Crippen molar-refractivity contribution in [2.24, 2.45) is 16.1 Å². The lowest BCUT2D eigenvalue weighted by molar-refractivity contribution is 0.102. The lowest BCUT2D eigenvalue weighted by Crippen LogP contribution is -2.39. The first kappa shape index (κ1) is 18.7. The van der Waals surface area contributed by atoms with E-state index in [-0.39, 0.29) is 22.0 Å². The van der Waals surface area contributed by atoms with E-state index in [2.05, 4.69) is 24.2 Å². The van der Waals surface area contributed by atoms with Crippen molar-refractivity contribution in [1.29, 1.82) is 0 Å². The van der Waals surface area contributed by atoms with Crippen LogP contribution in [0.3, 0.4) is 0 Å². The number of hydrogen-bond donors (Lipinski definition) is 2. The van der Waals surface area contributed by atoms with Gasteiger partial charge in [-0.15, -0.1) is 0 Å². The molecule has 4 rings (SSSR count). The summed E-state index contributed by atoms with van der Waals surface area (Å²) in [5, 5.41) is 2.67. The van der Waals surface area contributed by atoms with Crippen molar-refractivity contribution in [3.63, 3.8) is 0 Å². The number of fused-ring (bicyclic) bond motifs is 2. The van der Waals surface area contributed by atoms with Gasteiger partial charge in [0.05, 0.1) is 10.6 Å². The van der Waals surface area contributed by atoms with Crippen molar-refractivity contribution in [1.82, 2.24) is 0 Å². The van der Waals surface area contributed by atoms with Crippen LogP contribution in [-0.2, 0) is 16.7 Å². The molecule has 1 heterocycles. The van der Waals surface area contributed by atoms with Crippen LogP contribution in [0.2, 0.25) is 5.02 Å². The Kier molecular flexibility index (Phi) is 4.34. The molecular weight excluding hydrogens is 381 g/mol. The minimum Gasteiger partial charge on any atom is -0.462 e. The number of carbonyl (C=O) groups excluding carboxylic acids is 1. The van der Waals surface area contributed by atoms with Gasteiger partial charge in [0, 0.05) is 5.69 Å². The highest BCUT2D eigenvalue weighted by Gasteiger charge is 2.47. The number of amides is 1. The van der Waals surface area contributed by atoms with Crippen LogP contribution in [0, 0.1) is 11.2 Å². The lowest BCUT2D eigenvalue weighted by Gasteiger charge is -2.41. The standard InChI is InChI=1S/C21H21ClFN3O2/c1-20(2)9-12-6-7-13(8-15(12)21(10-20)11-28-19(24)26-21)25-18(27)14-4-3-5-16(22)17(14)23/h3-8H,9-11H2,1-2H3,(H2,24,26)(H,25,27). The second kappa shape index (κ2) is 6.48. The Morgan fingerprint density at radius 1 is 1.32 bits per heavy atom. The number of aliphatic imine (C=N–C) groups is 1. The second-order valence-electron chi connectivity index (χ2n) is 8.22. The van der Waals surface area contributed by atoms with Gasteiger partial charge in [0.1, 0.15) is 12.1 Å². The van der Waals surface area contributed by atoms with E-state index in [1.54, 1.807) is 0 Å². The molecule has 1 spiro atoms. The molecule has 7 heteroatoms. The van der Waals surface area contributed by atoms with Crippen LogP contribution in [0.25, 0.3) is 0 Å². The second-order valence-corrected chi connectivity index (χ2v) is 8.62. The van der Waals surface area contributed by atoms with Crippen molar-refractivity contribution >= 4 is 29.2 Å². The van der Waals surface area contributed by atoms with Crippen molar-refractivity contribution in [2.45, 2.75) is 32.2 Å². The molecule has 2 aliphatic rings. The minimum atomic E-state index is -0.737. The Morgan fingerprint density at radius 2 is 2.11 bits per heavy atom. The fourth-order valence-electron chi connectivity index (χ4n) is 4.28. The molecule has 3 N–H and O–H groups in total. The van der Waals surface area contributed by atoms with E-state index >= 15 is 0 Å². The first-order chi connectivity index (χ1) is 13.2. The van der Waals surface area contributed by atoms with Gasteiger partial charge < -0.3 is 15.8 Å². The summed E-state index contributed by atoms with van der Waals surface area (Å²) in [6, 6.07) is 10.2. The van der Waals surface area contributed by atoms with Gasteiger partial charge in [0.25, 0.3) is 11.9 Å². The number of carbonyl (C=O) groups is 1. The van der Waals surface area contributed by atoms with Gasteiger partial charge in [-0.25, -0.2) is 9.38 Å². The van der Waals surface area contributed by atoms with E-state index in [0.717, 1.165) is 24.0 Å². The van der Waals surface area contributed by atoms with Crippen LogP contribution < -0.4 is 11.1 Å². The molecular formula is C21H21ClFN3O2. The minimum absolute atomic E-state index is 0.0408.